The van der Waals surface area contributed by atoms with E-state index in [1.807, 2.05) is 24.3 Å². The molecule has 1 aliphatic carbocycles. The molecule has 5 rings (SSSR count). The fourth-order valence-electron chi connectivity index (χ4n) is 5.07. The van der Waals surface area contributed by atoms with Crippen LogP contribution in [-0.4, -0.2) is 42.8 Å². The number of para-hydroxylation sites is 1. The van der Waals surface area contributed by atoms with Gasteiger partial charge in [0.1, 0.15) is 12.5 Å². The summed E-state index contributed by atoms with van der Waals surface area (Å²) in [6, 6.07) is 23.4. The minimum atomic E-state index is -0.940. The number of carboxylic acid groups (broad SMARTS) is 1. The molecule has 2 N–H and O–H groups in total. The van der Waals surface area contributed by atoms with Crippen LogP contribution < -0.4 is 10.2 Å². The van der Waals surface area contributed by atoms with Gasteiger partial charge in [-0.3, -0.25) is 9.59 Å². The highest BCUT2D eigenvalue weighted by atomic mass is 16.5. The molecule has 3 aromatic carbocycles. The van der Waals surface area contributed by atoms with Gasteiger partial charge in [0.25, 0.3) is 0 Å². The summed E-state index contributed by atoms with van der Waals surface area (Å²) < 4.78 is 5.52. The van der Waals surface area contributed by atoms with Crippen molar-refractivity contribution in [3.63, 3.8) is 0 Å². The number of anilines is 1. The third-order valence-electron chi connectivity index (χ3n) is 6.75. The molecule has 0 fully saturated rings. The summed E-state index contributed by atoms with van der Waals surface area (Å²) in [7, 11) is 0. The van der Waals surface area contributed by atoms with Crippen molar-refractivity contribution in [3.8, 4) is 11.1 Å². The van der Waals surface area contributed by atoms with E-state index in [1.165, 1.54) is 16.0 Å². The van der Waals surface area contributed by atoms with Crippen LogP contribution in [0.4, 0.5) is 10.5 Å². The van der Waals surface area contributed by atoms with Crippen LogP contribution in [0.15, 0.2) is 72.8 Å². The van der Waals surface area contributed by atoms with Crippen molar-refractivity contribution in [1.82, 2.24) is 5.32 Å². The second-order valence-electron chi connectivity index (χ2n) is 8.81. The van der Waals surface area contributed by atoms with Gasteiger partial charge in [0.05, 0.1) is 0 Å². The number of alkyl carbamates (subject to hydrolysis) is 1. The molecule has 0 aromatic heterocycles. The molecule has 2 aliphatic rings. The first-order valence-corrected chi connectivity index (χ1v) is 11.8. The van der Waals surface area contributed by atoms with E-state index in [1.54, 1.807) is 24.3 Å². The highest BCUT2D eigenvalue weighted by Gasteiger charge is 2.36. The molecule has 0 saturated heterocycles. The average molecular weight is 471 g/mol. The number of hydrogen-bond donors (Lipinski definition) is 2. The van der Waals surface area contributed by atoms with E-state index in [4.69, 9.17) is 4.74 Å². The molecule has 1 heterocycles. The van der Waals surface area contributed by atoms with Crippen LogP contribution in [0.1, 0.15) is 41.4 Å². The summed E-state index contributed by atoms with van der Waals surface area (Å²) in [6.45, 7) is 0.660. The molecule has 1 unspecified atom stereocenters. The Morgan fingerprint density at radius 3 is 2.14 bits per heavy atom. The molecule has 7 nitrogen and oxygen atoms in total. The molecule has 0 radical (unpaired) electrons. The van der Waals surface area contributed by atoms with Gasteiger partial charge in [0.2, 0.25) is 5.91 Å². The number of carboxylic acids is 1. The molecule has 1 aliphatic heterocycles. The van der Waals surface area contributed by atoms with E-state index >= 15 is 0 Å². The predicted octanol–water partition coefficient (Wildman–Crippen LogP) is 4.52. The molecule has 3 aromatic rings. The number of ether oxygens (including phenoxy) is 1. The number of fused-ring (bicyclic) bond motifs is 4. The van der Waals surface area contributed by atoms with E-state index < -0.39 is 18.0 Å². The number of aliphatic carboxylic acids is 1. The summed E-state index contributed by atoms with van der Waals surface area (Å²) in [4.78, 5) is 38.1. The first-order chi connectivity index (χ1) is 17.0. The maximum absolute atomic E-state index is 12.7. The Labute approximate surface area is 203 Å². The van der Waals surface area contributed by atoms with Crippen LogP contribution in [0.25, 0.3) is 11.1 Å². The monoisotopic (exact) mass is 470 g/mol. The van der Waals surface area contributed by atoms with Gasteiger partial charge in [0.15, 0.2) is 0 Å². The number of rotatable bonds is 7. The van der Waals surface area contributed by atoms with E-state index in [0.717, 1.165) is 11.1 Å². The summed E-state index contributed by atoms with van der Waals surface area (Å²) in [5.74, 6) is -1.82. The van der Waals surface area contributed by atoms with Gasteiger partial charge in [-0.05, 0) is 40.3 Å². The first-order valence-electron chi connectivity index (χ1n) is 11.8. The van der Waals surface area contributed by atoms with Crippen LogP contribution in [0.2, 0.25) is 0 Å². The van der Waals surface area contributed by atoms with Crippen molar-refractivity contribution in [3.05, 3.63) is 89.5 Å². The molecular weight excluding hydrogens is 444 g/mol. The third-order valence-corrected chi connectivity index (χ3v) is 6.75. The van der Waals surface area contributed by atoms with Gasteiger partial charge >= 0.3 is 12.1 Å². The zero-order chi connectivity index (χ0) is 24.4. The maximum Gasteiger partial charge on any atom is 0.407 e. The predicted molar refractivity (Wildman–Crippen MR) is 131 cm³/mol. The quantitative estimate of drug-likeness (QED) is 0.495. The highest BCUT2D eigenvalue weighted by molar-refractivity contribution is 5.99. The van der Waals surface area contributed by atoms with Gasteiger partial charge in [0, 0.05) is 31.1 Å². The molecule has 0 bridgehead atoms. The first kappa shape index (κ1) is 22.7. The number of nitrogens with one attached hydrogen (secondary N) is 1. The zero-order valence-electron chi connectivity index (χ0n) is 19.1. The molecule has 1 atom stereocenters. The van der Waals surface area contributed by atoms with Crippen molar-refractivity contribution in [2.45, 2.75) is 24.7 Å². The van der Waals surface area contributed by atoms with Gasteiger partial charge in [-0.2, -0.15) is 0 Å². The van der Waals surface area contributed by atoms with E-state index in [2.05, 4.69) is 29.6 Å². The lowest BCUT2D eigenvalue weighted by molar-refractivity contribution is -0.138. The van der Waals surface area contributed by atoms with Crippen LogP contribution in [0.3, 0.4) is 0 Å². The number of nitrogens with zero attached hydrogens (tertiary/aromatic N) is 1. The van der Waals surface area contributed by atoms with Crippen molar-refractivity contribution in [1.29, 1.82) is 0 Å². The SMILES string of the molecule is O=C(NCCCC(=O)N1CC(C(=O)O)c2ccccc21)OCC1c2ccccc2-c2ccccc21. The van der Waals surface area contributed by atoms with E-state index in [0.29, 0.717) is 24.2 Å². The molecular formula is C28H26N2O5. The van der Waals surface area contributed by atoms with Crippen LogP contribution in [-0.2, 0) is 14.3 Å². The Bertz CT molecular complexity index is 1240. The Morgan fingerprint density at radius 1 is 0.886 bits per heavy atom. The third kappa shape index (κ3) is 4.37. The molecule has 178 valence electrons. The van der Waals surface area contributed by atoms with Crippen molar-refractivity contribution < 1.29 is 24.2 Å². The maximum atomic E-state index is 12.7. The van der Waals surface area contributed by atoms with Crippen molar-refractivity contribution in [2.24, 2.45) is 0 Å². The van der Waals surface area contributed by atoms with E-state index in [9.17, 15) is 19.5 Å². The lowest BCUT2D eigenvalue weighted by Crippen LogP contribution is -2.32. The summed E-state index contributed by atoms with van der Waals surface area (Å²) >= 11 is 0. The van der Waals surface area contributed by atoms with Gasteiger partial charge in [-0.1, -0.05) is 66.7 Å². The number of carbonyl (C=O) groups excluding carboxylic acids is 2. The van der Waals surface area contributed by atoms with E-state index in [-0.39, 0.29) is 31.4 Å². The molecule has 35 heavy (non-hydrogen) atoms. The molecule has 0 saturated carbocycles. The minimum Gasteiger partial charge on any atom is -0.481 e. The Morgan fingerprint density at radius 2 is 1.49 bits per heavy atom. The standard InChI is InChI=1S/C28H26N2O5/c31-26(30-16-23(27(32)33)22-12-5-6-13-25(22)30)14-7-15-29-28(34)35-17-24-20-10-3-1-8-18(20)19-9-2-4-11-21(19)24/h1-6,8-13,23-24H,7,14-17H2,(H,29,34)(H,32,33). The van der Waals surface area contributed by atoms with Gasteiger partial charge in [-0.25, -0.2) is 4.79 Å². The fraction of sp³-hybridized carbons (Fsp3) is 0.250. The summed E-state index contributed by atoms with van der Waals surface area (Å²) in [6.07, 6.45) is 0.112. The van der Waals surface area contributed by atoms with Crippen LogP contribution >= 0.6 is 0 Å². The smallest absolute Gasteiger partial charge is 0.407 e. The summed E-state index contributed by atoms with van der Waals surface area (Å²) in [5, 5.41) is 12.2. The average Bonchev–Trinajstić information content (AvgIpc) is 3.42. The largest absolute Gasteiger partial charge is 0.481 e. The second-order valence-corrected chi connectivity index (χ2v) is 8.81. The molecule has 2 amide bonds. The van der Waals surface area contributed by atoms with Crippen molar-refractivity contribution >= 4 is 23.7 Å². The highest BCUT2D eigenvalue weighted by Crippen LogP contribution is 2.44. The zero-order valence-corrected chi connectivity index (χ0v) is 19.1. The molecule has 0 spiro atoms. The number of carbonyl (C=O) groups is 3. The normalized spacial score (nSPS) is 15.8. The minimum absolute atomic E-state index is 0.00727. The number of benzene rings is 3. The topological polar surface area (TPSA) is 95.9 Å². The van der Waals surface area contributed by atoms with Crippen molar-refractivity contribution in [2.75, 3.05) is 24.6 Å². The number of hydrogen-bond acceptors (Lipinski definition) is 4. The Hall–Kier alpha value is -4.13. The Balaban J connectivity index is 1.11. The lowest BCUT2D eigenvalue weighted by atomic mass is 9.98. The second kappa shape index (κ2) is 9.62. The van der Waals surface area contributed by atoms with Crippen LogP contribution in [0, 0.1) is 0 Å². The summed E-state index contributed by atoms with van der Waals surface area (Å²) in [5.41, 5.74) is 5.95. The number of amides is 2. The lowest BCUT2D eigenvalue weighted by Gasteiger charge is -2.17. The van der Waals surface area contributed by atoms with Crippen LogP contribution in [0.5, 0.6) is 0 Å². The molecule has 7 heteroatoms. The van der Waals surface area contributed by atoms with Gasteiger partial charge in [-0.15, -0.1) is 0 Å². The van der Waals surface area contributed by atoms with Gasteiger partial charge < -0.3 is 20.1 Å². The fourth-order valence-corrected chi connectivity index (χ4v) is 5.07. The Kier molecular flexibility index (Phi) is 6.23.